The van der Waals surface area contributed by atoms with Crippen LogP contribution in [0.1, 0.15) is 23.2 Å². The van der Waals surface area contributed by atoms with Crippen molar-refractivity contribution in [1.29, 1.82) is 0 Å². The Morgan fingerprint density at radius 3 is 2.35 bits per heavy atom. The molecule has 31 heavy (non-hydrogen) atoms. The summed E-state index contributed by atoms with van der Waals surface area (Å²) in [6.45, 7) is 0. The Labute approximate surface area is 179 Å². The largest absolute Gasteiger partial charge is 0.504 e. The van der Waals surface area contributed by atoms with Gasteiger partial charge >= 0.3 is 0 Å². The molecule has 4 rings (SSSR count). The van der Waals surface area contributed by atoms with Crippen molar-refractivity contribution in [3.63, 3.8) is 0 Å². The van der Waals surface area contributed by atoms with Crippen LogP contribution in [0.4, 0.5) is 18.9 Å². The van der Waals surface area contributed by atoms with Crippen LogP contribution in [0.15, 0.2) is 46.6 Å². The first-order valence-corrected chi connectivity index (χ1v) is 10.9. The first-order chi connectivity index (χ1) is 14.5. The minimum Gasteiger partial charge on any atom is -0.504 e. The molecule has 2 aliphatic carbocycles. The van der Waals surface area contributed by atoms with Gasteiger partial charge in [-0.1, -0.05) is 11.6 Å². The van der Waals surface area contributed by atoms with Gasteiger partial charge < -0.3 is 10.4 Å². The lowest BCUT2D eigenvalue weighted by atomic mass is 10.0. The third kappa shape index (κ3) is 3.39. The van der Waals surface area contributed by atoms with Gasteiger partial charge in [-0.15, -0.1) is 0 Å². The van der Waals surface area contributed by atoms with Crippen LogP contribution in [0.5, 0.6) is 0 Å². The molecule has 162 valence electrons. The lowest BCUT2D eigenvalue weighted by molar-refractivity contribution is -0.120. The number of sulfone groups is 1. The normalized spacial score (nSPS) is 20.5. The molecule has 0 saturated heterocycles. The smallest absolute Gasteiger partial charge is 0.255 e. The average Bonchev–Trinajstić information content (AvgIpc) is 3.25. The van der Waals surface area contributed by atoms with E-state index in [-0.39, 0.29) is 34.7 Å². The lowest BCUT2D eigenvalue weighted by Crippen LogP contribution is -2.27. The first-order valence-electron chi connectivity index (χ1n) is 8.98. The Morgan fingerprint density at radius 2 is 1.77 bits per heavy atom. The Balaban J connectivity index is 1.68. The third-order valence-electron chi connectivity index (χ3n) is 5.38. The van der Waals surface area contributed by atoms with E-state index in [1.165, 1.54) is 6.07 Å². The molecule has 1 fully saturated rings. The zero-order valence-corrected chi connectivity index (χ0v) is 17.0. The highest BCUT2D eigenvalue weighted by Crippen LogP contribution is 2.47. The Hall–Kier alpha value is -2.85. The number of rotatable bonds is 4. The molecule has 0 aliphatic heterocycles. The Bertz CT molecular complexity index is 1270. The molecule has 0 spiro atoms. The number of Topliss-reactive ketones (excluding diaryl/α,β-unsaturated/α-hetero) is 1. The number of hydrogen-bond donors (Lipinski definition) is 2. The van der Waals surface area contributed by atoms with Gasteiger partial charge in [0.1, 0.15) is 5.25 Å². The van der Waals surface area contributed by atoms with E-state index in [2.05, 4.69) is 5.32 Å². The summed E-state index contributed by atoms with van der Waals surface area (Å²) >= 11 is 6.06. The molecule has 2 aromatic carbocycles. The van der Waals surface area contributed by atoms with E-state index in [0.29, 0.717) is 12.1 Å². The predicted octanol–water partition coefficient (Wildman–Crippen LogP) is 3.96. The highest BCUT2D eigenvalue weighted by Gasteiger charge is 2.53. The topological polar surface area (TPSA) is 101 Å². The Kier molecular flexibility index (Phi) is 5.09. The van der Waals surface area contributed by atoms with Crippen molar-refractivity contribution in [3.8, 4) is 0 Å². The van der Waals surface area contributed by atoms with Crippen LogP contribution < -0.4 is 5.32 Å². The maximum absolute atomic E-state index is 13.4. The maximum Gasteiger partial charge on any atom is 0.255 e. The van der Waals surface area contributed by atoms with Gasteiger partial charge in [0, 0.05) is 29.3 Å². The Morgan fingerprint density at radius 1 is 1.13 bits per heavy atom. The summed E-state index contributed by atoms with van der Waals surface area (Å²) in [5.41, 5.74) is -0.462. The summed E-state index contributed by atoms with van der Waals surface area (Å²) in [5, 5.41) is 10.6. The lowest BCUT2D eigenvalue weighted by Gasteiger charge is -2.16. The van der Waals surface area contributed by atoms with E-state index >= 15 is 0 Å². The van der Waals surface area contributed by atoms with Crippen LogP contribution in [0, 0.1) is 23.4 Å². The SMILES string of the molecule is O=C(Nc1cc(F)c(F)c(F)c1)c1ccc(Cl)c(S(=O)(=O)[C@@H]2C3=C(O)C(=O)C2CC3)c1. The summed E-state index contributed by atoms with van der Waals surface area (Å²) in [4.78, 5) is 24.1. The molecule has 2 bridgehead atoms. The van der Waals surface area contributed by atoms with Crippen LogP contribution in [0.2, 0.25) is 5.02 Å². The van der Waals surface area contributed by atoms with Crippen LogP contribution >= 0.6 is 11.6 Å². The number of carbonyl (C=O) groups is 2. The van der Waals surface area contributed by atoms with Crippen molar-refractivity contribution in [2.24, 2.45) is 5.92 Å². The summed E-state index contributed by atoms with van der Waals surface area (Å²) < 4.78 is 66.2. The predicted molar refractivity (Wildman–Crippen MR) is 104 cm³/mol. The average molecular weight is 472 g/mol. The molecule has 2 atom stereocenters. The fourth-order valence-electron chi connectivity index (χ4n) is 3.94. The van der Waals surface area contributed by atoms with Gasteiger partial charge in [0.25, 0.3) is 5.91 Å². The number of nitrogens with one attached hydrogen (secondary N) is 1. The standard InChI is InChI=1S/C20H13ClF3NO5S/c21-12-4-1-8(20(28)25-9-6-13(22)16(24)14(23)7-9)5-15(12)31(29,30)19-10-2-3-11(19)18(27)17(10)26/h1,4-7,10,19,27H,2-3H2,(H,25,28)/t10?,19-/m0/s1. The summed E-state index contributed by atoms with van der Waals surface area (Å²) in [6, 6.07) is 4.46. The van der Waals surface area contributed by atoms with Crippen LogP contribution in [-0.4, -0.2) is 30.5 Å². The number of hydrogen-bond acceptors (Lipinski definition) is 5. The minimum atomic E-state index is -4.24. The molecule has 6 nitrogen and oxygen atoms in total. The van der Waals surface area contributed by atoms with E-state index in [0.717, 1.165) is 12.1 Å². The second-order valence-electron chi connectivity index (χ2n) is 7.20. The van der Waals surface area contributed by atoms with Crippen LogP contribution in [0.25, 0.3) is 0 Å². The van der Waals surface area contributed by atoms with Crippen molar-refractivity contribution < 1.29 is 36.3 Å². The zero-order valence-electron chi connectivity index (χ0n) is 15.5. The number of fused-ring (bicyclic) bond motifs is 2. The molecule has 0 aromatic heterocycles. The minimum absolute atomic E-state index is 0.123. The van der Waals surface area contributed by atoms with Crippen molar-refractivity contribution in [1.82, 2.24) is 0 Å². The maximum atomic E-state index is 13.4. The highest BCUT2D eigenvalue weighted by molar-refractivity contribution is 7.92. The molecule has 2 aromatic rings. The van der Waals surface area contributed by atoms with Gasteiger partial charge in [0.05, 0.1) is 9.92 Å². The third-order valence-corrected chi connectivity index (χ3v) is 8.06. The molecule has 0 heterocycles. The van der Waals surface area contributed by atoms with Crippen molar-refractivity contribution in [3.05, 3.63) is 69.7 Å². The molecule has 2 aliphatic rings. The second-order valence-corrected chi connectivity index (χ2v) is 9.65. The first kappa shape index (κ1) is 21.4. The van der Waals surface area contributed by atoms with Crippen LogP contribution in [0.3, 0.4) is 0 Å². The van der Waals surface area contributed by atoms with Gasteiger partial charge in [0.2, 0.25) is 5.78 Å². The number of halogens is 4. The molecule has 1 unspecified atom stereocenters. The fraction of sp³-hybridized carbons (Fsp3) is 0.200. The number of amides is 1. The van der Waals surface area contributed by atoms with Crippen LogP contribution in [-0.2, 0) is 14.6 Å². The number of benzene rings is 2. The summed E-state index contributed by atoms with van der Waals surface area (Å²) in [5.74, 6) is -7.75. The van der Waals surface area contributed by atoms with E-state index in [1.807, 2.05) is 0 Å². The highest BCUT2D eigenvalue weighted by atomic mass is 35.5. The van der Waals surface area contributed by atoms with Gasteiger partial charge in [0.15, 0.2) is 33.0 Å². The number of aliphatic hydroxyl groups is 1. The van der Waals surface area contributed by atoms with E-state index in [1.54, 1.807) is 0 Å². The van der Waals surface area contributed by atoms with Gasteiger partial charge in [-0.2, -0.15) is 0 Å². The fourth-order valence-corrected chi connectivity index (χ4v) is 6.58. The zero-order chi connectivity index (χ0) is 22.7. The molecule has 1 saturated carbocycles. The number of anilines is 1. The molecule has 2 N–H and O–H groups in total. The summed E-state index contributed by atoms with van der Waals surface area (Å²) in [6.07, 6.45) is 0.535. The number of allylic oxidation sites excluding steroid dienone is 1. The van der Waals surface area contributed by atoms with Crippen molar-refractivity contribution in [2.45, 2.75) is 23.0 Å². The van der Waals surface area contributed by atoms with Crippen molar-refractivity contribution >= 4 is 38.8 Å². The molecular weight excluding hydrogens is 459 g/mol. The number of aliphatic hydroxyl groups excluding tert-OH is 1. The number of carbonyl (C=O) groups excluding carboxylic acids is 2. The van der Waals surface area contributed by atoms with E-state index < -0.39 is 60.8 Å². The quantitative estimate of drug-likeness (QED) is 0.657. The number of ketones is 1. The van der Waals surface area contributed by atoms with Gasteiger partial charge in [-0.05, 0) is 36.6 Å². The van der Waals surface area contributed by atoms with Gasteiger partial charge in [-0.3, -0.25) is 9.59 Å². The summed E-state index contributed by atoms with van der Waals surface area (Å²) in [7, 11) is -4.24. The van der Waals surface area contributed by atoms with Gasteiger partial charge in [-0.25, -0.2) is 21.6 Å². The van der Waals surface area contributed by atoms with E-state index in [9.17, 15) is 36.3 Å². The second kappa shape index (κ2) is 7.38. The molecule has 11 heteroatoms. The molecule has 0 radical (unpaired) electrons. The molecule has 1 amide bonds. The van der Waals surface area contributed by atoms with E-state index in [4.69, 9.17) is 11.6 Å². The monoisotopic (exact) mass is 471 g/mol. The van der Waals surface area contributed by atoms with Crippen molar-refractivity contribution in [2.75, 3.05) is 5.32 Å². The molecular formula is C20H13ClF3NO5S.